The Bertz CT molecular complexity index is 398. The molecule has 1 atom stereocenters. The van der Waals surface area contributed by atoms with E-state index in [0.29, 0.717) is 0 Å². The molecule has 0 spiro atoms. The van der Waals surface area contributed by atoms with Crippen molar-refractivity contribution >= 4 is 11.6 Å². The number of allylic oxidation sites excluding steroid dienone is 1. The molecule has 0 amide bonds. The lowest BCUT2D eigenvalue weighted by atomic mass is 9.92. The van der Waals surface area contributed by atoms with E-state index in [9.17, 15) is 0 Å². The molecule has 0 radical (unpaired) electrons. The van der Waals surface area contributed by atoms with Gasteiger partial charge >= 0.3 is 0 Å². The molecule has 1 aliphatic rings. The molecule has 0 fully saturated rings. The Morgan fingerprint density at radius 1 is 1.18 bits per heavy atom. The molecule has 1 aromatic carbocycles. The third kappa shape index (κ3) is 3.86. The van der Waals surface area contributed by atoms with Crippen LogP contribution in [-0.2, 0) is 6.42 Å². The average molecular weight is 250 g/mol. The van der Waals surface area contributed by atoms with E-state index < -0.39 is 0 Å². The van der Waals surface area contributed by atoms with E-state index in [0.717, 1.165) is 23.4 Å². The van der Waals surface area contributed by atoms with Gasteiger partial charge in [-0.3, -0.25) is 0 Å². The molecule has 1 nitrogen and oxygen atoms in total. The summed E-state index contributed by atoms with van der Waals surface area (Å²) in [6.45, 7) is 0. The second-order valence-electron chi connectivity index (χ2n) is 4.87. The van der Waals surface area contributed by atoms with Crippen LogP contribution >= 0.6 is 11.6 Å². The van der Waals surface area contributed by atoms with E-state index in [1.807, 2.05) is 18.2 Å². The molecule has 0 bridgehead atoms. The first-order chi connectivity index (χ1) is 8.25. The minimum absolute atomic E-state index is 0.194. The number of hydrogen-bond donors (Lipinski definition) is 1. The molecule has 0 aromatic heterocycles. The van der Waals surface area contributed by atoms with E-state index in [2.05, 4.69) is 12.1 Å². The molecule has 0 saturated heterocycles. The van der Waals surface area contributed by atoms with Crippen molar-refractivity contribution in [1.82, 2.24) is 0 Å². The molecule has 2 rings (SSSR count). The molecular formula is C15H20ClN. The summed E-state index contributed by atoms with van der Waals surface area (Å²) in [6, 6.07) is 8.18. The molecule has 1 aliphatic carbocycles. The van der Waals surface area contributed by atoms with Crippen LogP contribution in [0.4, 0.5) is 0 Å². The van der Waals surface area contributed by atoms with Crippen LogP contribution in [0.2, 0.25) is 5.02 Å². The van der Waals surface area contributed by atoms with Crippen LogP contribution < -0.4 is 5.73 Å². The van der Waals surface area contributed by atoms with Gasteiger partial charge < -0.3 is 5.73 Å². The largest absolute Gasteiger partial charge is 0.327 e. The first-order valence-corrected chi connectivity index (χ1v) is 6.80. The van der Waals surface area contributed by atoms with E-state index in [4.69, 9.17) is 17.3 Å². The summed E-state index contributed by atoms with van der Waals surface area (Å²) in [5, 5.41) is 0.834. The monoisotopic (exact) mass is 249 g/mol. The van der Waals surface area contributed by atoms with Crippen molar-refractivity contribution < 1.29 is 0 Å². The van der Waals surface area contributed by atoms with Gasteiger partial charge in [-0.15, -0.1) is 0 Å². The zero-order valence-corrected chi connectivity index (χ0v) is 10.9. The van der Waals surface area contributed by atoms with Gasteiger partial charge in [0.25, 0.3) is 0 Å². The van der Waals surface area contributed by atoms with Crippen molar-refractivity contribution in [2.24, 2.45) is 5.73 Å². The molecule has 17 heavy (non-hydrogen) atoms. The molecule has 1 unspecified atom stereocenters. The van der Waals surface area contributed by atoms with Crippen molar-refractivity contribution in [3.05, 3.63) is 46.5 Å². The van der Waals surface area contributed by atoms with E-state index >= 15 is 0 Å². The zero-order valence-electron chi connectivity index (χ0n) is 10.2. The highest BCUT2D eigenvalue weighted by Gasteiger charge is 2.11. The van der Waals surface area contributed by atoms with Gasteiger partial charge in [0.15, 0.2) is 0 Å². The van der Waals surface area contributed by atoms with Crippen molar-refractivity contribution in [3.63, 3.8) is 0 Å². The summed E-state index contributed by atoms with van der Waals surface area (Å²) < 4.78 is 0. The summed E-state index contributed by atoms with van der Waals surface area (Å²) in [6.07, 6.45) is 9.39. The van der Waals surface area contributed by atoms with Crippen LogP contribution in [-0.4, -0.2) is 6.04 Å². The lowest BCUT2D eigenvalue weighted by Crippen LogP contribution is -2.24. The number of hydrogen-bond acceptors (Lipinski definition) is 1. The Labute approximate surface area is 109 Å². The average Bonchev–Trinajstić information content (AvgIpc) is 2.33. The second-order valence-corrected chi connectivity index (χ2v) is 5.28. The molecule has 1 aromatic rings. The normalized spacial score (nSPS) is 17.6. The maximum atomic E-state index is 6.21. The maximum Gasteiger partial charge on any atom is 0.0438 e. The van der Waals surface area contributed by atoms with E-state index in [1.165, 1.54) is 31.3 Å². The standard InChI is InChI=1S/C15H20ClN/c16-15-9-5-4-8-13(15)11-14(17)10-12-6-2-1-3-7-12/h4-6,8-9,14H,1-3,7,10-11,17H2. The SMILES string of the molecule is NC(CC1=CCCCC1)Cc1ccccc1Cl. The van der Waals surface area contributed by atoms with Crippen LogP contribution in [0.5, 0.6) is 0 Å². The number of halogens is 1. The highest BCUT2D eigenvalue weighted by molar-refractivity contribution is 6.31. The first kappa shape index (κ1) is 12.7. The smallest absolute Gasteiger partial charge is 0.0438 e. The minimum atomic E-state index is 0.194. The predicted octanol–water partition coefficient (Wildman–Crippen LogP) is 4.10. The molecule has 92 valence electrons. The van der Waals surface area contributed by atoms with Gasteiger partial charge in [-0.2, -0.15) is 0 Å². The highest BCUT2D eigenvalue weighted by atomic mass is 35.5. The summed E-state index contributed by atoms with van der Waals surface area (Å²) in [5.74, 6) is 0. The third-order valence-corrected chi connectivity index (χ3v) is 3.72. The van der Waals surface area contributed by atoms with Gasteiger partial charge in [-0.1, -0.05) is 41.4 Å². The zero-order chi connectivity index (χ0) is 12.1. The van der Waals surface area contributed by atoms with Gasteiger partial charge in [0, 0.05) is 11.1 Å². The lowest BCUT2D eigenvalue weighted by molar-refractivity contribution is 0.606. The van der Waals surface area contributed by atoms with Crippen LogP contribution in [0.25, 0.3) is 0 Å². The topological polar surface area (TPSA) is 26.0 Å². The van der Waals surface area contributed by atoms with Crippen LogP contribution in [0, 0.1) is 0 Å². The van der Waals surface area contributed by atoms with Crippen LogP contribution in [0.15, 0.2) is 35.9 Å². The maximum absolute atomic E-state index is 6.21. The Kier molecular flexibility index (Phi) is 4.64. The Morgan fingerprint density at radius 3 is 2.71 bits per heavy atom. The summed E-state index contributed by atoms with van der Waals surface area (Å²) >= 11 is 6.14. The van der Waals surface area contributed by atoms with Gasteiger partial charge in [0.1, 0.15) is 0 Å². The van der Waals surface area contributed by atoms with Crippen molar-refractivity contribution in [3.8, 4) is 0 Å². The molecule has 0 heterocycles. The predicted molar refractivity (Wildman–Crippen MR) is 74.3 cm³/mol. The van der Waals surface area contributed by atoms with Gasteiger partial charge in [-0.05, 0) is 50.2 Å². The second kappa shape index (κ2) is 6.23. The molecule has 0 saturated carbocycles. The van der Waals surface area contributed by atoms with E-state index in [-0.39, 0.29) is 6.04 Å². The summed E-state index contributed by atoms with van der Waals surface area (Å²) in [4.78, 5) is 0. The fourth-order valence-corrected chi connectivity index (χ4v) is 2.66. The van der Waals surface area contributed by atoms with Crippen molar-refractivity contribution in [2.45, 2.75) is 44.6 Å². The Hall–Kier alpha value is -0.790. The quantitative estimate of drug-likeness (QED) is 0.799. The fourth-order valence-electron chi connectivity index (χ4n) is 2.45. The Morgan fingerprint density at radius 2 is 2.00 bits per heavy atom. The van der Waals surface area contributed by atoms with Crippen LogP contribution in [0.1, 0.15) is 37.7 Å². The molecule has 2 N–H and O–H groups in total. The molecular weight excluding hydrogens is 230 g/mol. The summed E-state index contributed by atoms with van der Waals surface area (Å²) in [5.41, 5.74) is 8.91. The lowest BCUT2D eigenvalue weighted by Gasteiger charge is -2.17. The number of nitrogens with two attached hydrogens (primary N) is 1. The first-order valence-electron chi connectivity index (χ1n) is 6.42. The van der Waals surface area contributed by atoms with Crippen molar-refractivity contribution in [1.29, 1.82) is 0 Å². The number of rotatable bonds is 4. The van der Waals surface area contributed by atoms with Crippen LogP contribution in [0.3, 0.4) is 0 Å². The highest BCUT2D eigenvalue weighted by Crippen LogP contribution is 2.23. The molecule has 0 aliphatic heterocycles. The van der Waals surface area contributed by atoms with Gasteiger partial charge in [-0.25, -0.2) is 0 Å². The van der Waals surface area contributed by atoms with E-state index in [1.54, 1.807) is 0 Å². The minimum Gasteiger partial charge on any atom is -0.327 e. The fraction of sp³-hybridized carbons (Fsp3) is 0.467. The van der Waals surface area contributed by atoms with Gasteiger partial charge in [0.05, 0.1) is 0 Å². The van der Waals surface area contributed by atoms with Crippen molar-refractivity contribution in [2.75, 3.05) is 0 Å². The van der Waals surface area contributed by atoms with Gasteiger partial charge in [0.2, 0.25) is 0 Å². The third-order valence-electron chi connectivity index (χ3n) is 3.35. The summed E-state index contributed by atoms with van der Waals surface area (Å²) in [7, 11) is 0. The molecule has 2 heteroatoms. The Balaban J connectivity index is 1.91. The number of benzene rings is 1.